The van der Waals surface area contributed by atoms with Crippen LogP contribution in [0.2, 0.25) is 0 Å². The zero-order valence-electron chi connectivity index (χ0n) is 39.5. The van der Waals surface area contributed by atoms with E-state index >= 15 is 0 Å². The van der Waals surface area contributed by atoms with E-state index in [9.17, 15) is 61.0 Å². The molecule has 23 atom stereocenters. The van der Waals surface area contributed by atoms with Gasteiger partial charge in [-0.2, -0.15) is 0 Å². The molecule has 0 spiro atoms. The number of carbonyl (C=O) groups is 1. The van der Waals surface area contributed by atoms with E-state index in [1.54, 1.807) is 0 Å². The average Bonchev–Trinajstić information content (AvgIpc) is 3.55. The Morgan fingerprint density at radius 1 is 0.727 bits per heavy atom. The Morgan fingerprint density at radius 2 is 1.27 bits per heavy atom. The Morgan fingerprint density at radius 3 is 1.88 bits per heavy atom. The summed E-state index contributed by atoms with van der Waals surface area (Å²) in [5, 5.41) is 113. The molecule has 3 saturated heterocycles. The quantitative estimate of drug-likeness (QED) is 0.102. The molecule has 18 heteroatoms. The van der Waals surface area contributed by atoms with E-state index in [1.807, 2.05) is 6.92 Å². The van der Waals surface area contributed by atoms with Gasteiger partial charge >= 0.3 is 0 Å². The minimum Gasteiger partial charge on any atom is -0.394 e. The highest BCUT2D eigenvalue weighted by Gasteiger charge is 2.70. The molecule has 7 aliphatic rings. The maximum absolute atomic E-state index is 14.9. The molecule has 0 aromatic heterocycles. The predicted octanol–water partition coefficient (Wildman–Crippen LogP) is -0.0410. The first-order chi connectivity index (χ1) is 31.0. The second-order valence-corrected chi connectivity index (χ2v) is 21.9. The van der Waals surface area contributed by atoms with Crippen molar-refractivity contribution in [1.82, 2.24) is 0 Å². The van der Waals surface area contributed by atoms with Gasteiger partial charge in [0.05, 0.1) is 32.5 Å². The summed E-state index contributed by atoms with van der Waals surface area (Å²) in [7, 11) is 0. The third-order valence-corrected chi connectivity index (χ3v) is 18.0. The highest BCUT2D eigenvalue weighted by atomic mass is 16.7. The topological polar surface area (TPSA) is 295 Å². The fraction of sp³-hybridized carbons (Fsp3) is 0.896. The molecule has 0 aromatic carbocycles. The van der Waals surface area contributed by atoms with Crippen LogP contribution in [0.3, 0.4) is 0 Å². The van der Waals surface area contributed by atoms with Crippen molar-refractivity contribution in [3.8, 4) is 0 Å². The molecule has 0 unspecified atom stereocenters. The normalized spacial score (nSPS) is 50.0. The van der Waals surface area contributed by atoms with E-state index in [0.717, 1.165) is 37.7 Å². The first-order valence-corrected chi connectivity index (χ1v) is 24.1. The SMILES string of the molecule is C/C(=C\CC[C@@H](C)[C@H]1CC[C@@]2(C)[C@@H]3CC=C4[C@@H](CC[C@H](O[C@@H]5O[C@H](CO)[C@@H](O)[C@H](O)[C@H]5O)C4(C)C)[C@]3(C)C(=O)C[C@]12C)CO[C@@H]1O[C@H](CO[C@@H]2O[C@H](CO)[C@@H](O)[C@H](O)[C@H]2O)[C@@H](O)[C@H](O)[C@H]1O. The van der Waals surface area contributed by atoms with Crippen molar-refractivity contribution >= 4 is 5.78 Å². The zero-order valence-corrected chi connectivity index (χ0v) is 39.5. The van der Waals surface area contributed by atoms with Crippen LogP contribution in [-0.2, 0) is 33.2 Å². The monoisotopic (exact) mass is 943 g/mol. The maximum atomic E-state index is 14.9. The number of aliphatic hydroxyl groups excluding tert-OH is 11. The molecule has 66 heavy (non-hydrogen) atoms. The number of fused-ring (bicyclic) bond motifs is 5. The molecule has 4 aliphatic carbocycles. The smallest absolute Gasteiger partial charge is 0.187 e. The minimum absolute atomic E-state index is 0.0192. The summed E-state index contributed by atoms with van der Waals surface area (Å²) in [6.45, 7) is 13.7. The number of Topliss-reactive ketones (excluding diaryl/α,β-unsaturated/α-hetero) is 1. The largest absolute Gasteiger partial charge is 0.394 e. The molecule has 3 aliphatic heterocycles. The molecule has 11 N–H and O–H groups in total. The fourth-order valence-electron chi connectivity index (χ4n) is 13.6. The lowest BCUT2D eigenvalue weighted by molar-refractivity contribution is -0.330. The van der Waals surface area contributed by atoms with E-state index in [-0.39, 0.29) is 29.3 Å². The van der Waals surface area contributed by atoms with Crippen molar-refractivity contribution in [1.29, 1.82) is 0 Å². The summed E-state index contributed by atoms with van der Waals surface area (Å²) in [5.74, 6) is 1.12. The van der Waals surface area contributed by atoms with Gasteiger partial charge in [0.1, 0.15) is 79.0 Å². The van der Waals surface area contributed by atoms with Gasteiger partial charge in [-0.25, -0.2) is 0 Å². The third kappa shape index (κ3) is 8.94. The number of ketones is 1. The molecular formula is C48H78O18. The molecule has 7 rings (SSSR count). The van der Waals surface area contributed by atoms with Crippen LogP contribution >= 0.6 is 0 Å². The first kappa shape index (κ1) is 52.3. The van der Waals surface area contributed by atoms with Gasteiger partial charge in [-0.15, -0.1) is 0 Å². The molecule has 3 saturated carbocycles. The fourth-order valence-corrected chi connectivity index (χ4v) is 13.6. The van der Waals surface area contributed by atoms with Crippen molar-refractivity contribution in [3.63, 3.8) is 0 Å². The number of hydrogen-bond donors (Lipinski definition) is 11. The second-order valence-electron chi connectivity index (χ2n) is 21.9. The van der Waals surface area contributed by atoms with Crippen LogP contribution in [0.15, 0.2) is 23.3 Å². The molecule has 378 valence electrons. The Labute approximate surface area is 387 Å². The van der Waals surface area contributed by atoms with Gasteiger partial charge in [-0.3, -0.25) is 4.79 Å². The van der Waals surface area contributed by atoms with Crippen LogP contribution in [0.5, 0.6) is 0 Å². The second kappa shape index (κ2) is 19.9. The van der Waals surface area contributed by atoms with Gasteiger partial charge < -0.3 is 84.6 Å². The highest BCUT2D eigenvalue weighted by molar-refractivity contribution is 5.88. The number of aliphatic hydroxyl groups is 11. The van der Waals surface area contributed by atoms with Crippen molar-refractivity contribution in [2.75, 3.05) is 26.4 Å². The Bertz CT molecular complexity index is 1760. The van der Waals surface area contributed by atoms with E-state index in [2.05, 4.69) is 53.7 Å². The summed E-state index contributed by atoms with van der Waals surface area (Å²) >= 11 is 0. The molecule has 18 nitrogen and oxygen atoms in total. The van der Waals surface area contributed by atoms with Gasteiger partial charge in [0.15, 0.2) is 18.9 Å². The molecule has 6 fully saturated rings. The number of rotatable bonds is 14. The Balaban J connectivity index is 0.945. The number of ether oxygens (including phenoxy) is 6. The van der Waals surface area contributed by atoms with Crippen LogP contribution in [-0.4, -0.2) is 187 Å². The number of carbonyl (C=O) groups excluding carboxylic acids is 1. The minimum atomic E-state index is -1.67. The van der Waals surface area contributed by atoms with Gasteiger partial charge in [0, 0.05) is 17.3 Å². The van der Waals surface area contributed by atoms with Gasteiger partial charge in [0.25, 0.3) is 0 Å². The summed E-state index contributed by atoms with van der Waals surface area (Å²) in [4.78, 5) is 14.9. The van der Waals surface area contributed by atoms with Crippen LogP contribution in [0.1, 0.15) is 99.8 Å². The Kier molecular flexibility index (Phi) is 15.8. The molecule has 0 radical (unpaired) electrons. The summed E-state index contributed by atoms with van der Waals surface area (Å²) in [5.41, 5.74) is 0.660. The lowest BCUT2D eigenvalue weighted by atomic mass is 9.38. The highest BCUT2D eigenvalue weighted by Crippen LogP contribution is 2.74. The zero-order chi connectivity index (χ0) is 48.4. The van der Waals surface area contributed by atoms with E-state index < -0.39 is 129 Å². The van der Waals surface area contributed by atoms with Crippen LogP contribution < -0.4 is 0 Å². The van der Waals surface area contributed by atoms with E-state index in [4.69, 9.17) is 28.4 Å². The first-order valence-electron chi connectivity index (χ1n) is 24.1. The van der Waals surface area contributed by atoms with Crippen molar-refractivity contribution < 1.29 is 89.4 Å². The van der Waals surface area contributed by atoms with Crippen molar-refractivity contribution in [2.45, 2.75) is 198 Å². The van der Waals surface area contributed by atoms with Crippen LogP contribution in [0.25, 0.3) is 0 Å². The standard InChI is InChI=1S/C48H78O18/c1-22(20-61-42-40(59)38(57)35(54)29(65-42)21-62-43-39(58)36(55)33(52)27(18-49)63-43)9-8-10-23(2)24-15-16-46(5)30-13-11-25-26(48(30,7)31(51)17-47(24,46)6)12-14-32(45(25,3)4)66-44-41(60)37(56)34(53)28(19-50)64-44/h9,11,23-24,26-30,32-44,49-50,52-60H,8,10,12-21H2,1-7H3/b22-9+/t23-,24-,26-,27-,28-,29-,30+,32+,33-,34-,35-,36+,37+,38+,39-,40-,41-,42-,43-,44+,46+,47-,48+/m1/s1. The lowest BCUT2D eigenvalue weighted by Gasteiger charge is -2.65. The van der Waals surface area contributed by atoms with Gasteiger partial charge in [-0.1, -0.05) is 64.8 Å². The van der Waals surface area contributed by atoms with Crippen LogP contribution in [0.4, 0.5) is 0 Å². The molecule has 0 amide bonds. The van der Waals surface area contributed by atoms with Crippen LogP contribution in [0, 0.1) is 45.3 Å². The molecule has 0 aromatic rings. The number of allylic oxidation sites excluding steroid dienone is 2. The van der Waals surface area contributed by atoms with Crippen molar-refractivity contribution in [3.05, 3.63) is 23.3 Å². The average molecular weight is 943 g/mol. The summed E-state index contributed by atoms with van der Waals surface area (Å²) in [6.07, 6.45) is -11.5. The molecule has 0 bridgehead atoms. The number of hydrogen-bond acceptors (Lipinski definition) is 18. The summed E-state index contributed by atoms with van der Waals surface area (Å²) in [6, 6.07) is 0. The summed E-state index contributed by atoms with van der Waals surface area (Å²) < 4.78 is 34.7. The van der Waals surface area contributed by atoms with Gasteiger partial charge in [-0.05, 0) is 86.4 Å². The lowest BCUT2D eigenvalue weighted by Crippen LogP contribution is -2.64. The van der Waals surface area contributed by atoms with Gasteiger partial charge in [0.2, 0.25) is 0 Å². The Hall–Kier alpha value is -1.53. The maximum Gasteiger partial charge on any atom is 0.187 e. The predicted molar refractivity (Wildman–Crippen MR) is 233 cm³/mol. The molecular weight excluding hydrogens is 865 g/mol. The van der Waals surface area contributed by atoms with Crippen molar-refractivity contribution in [2.24, 2.45) is 45.3 Å². The third-order valence-electron chi connectivity index (χ3n) is 18.0. The van der Waals surface area contributed by atoms with E-state index in [1.165, 1.54) is 5.57 Å². The molecule has 3 heterocycles. The van der Waals surface area contributed by atoms with E-state index in [0.29, 0.717) is 36.9 Å².